The van der Waals surface area contributed by atoms with Crippen LogP contribution in [0.3, 0.4) is 0 Å². The summed E-state index contributed by atoms with van der Waals surface area (Å²) in [5.41, 5.74) is 1.25. The van der Waals surface area contributed by atoms with Crippen molar-refractivity contribution in [1.29, 1.82) is 0 Å². The van der Waals surface area contributed by atoms with E-state index in [1.54, 1.807) is 42.7 Å². The molecule has 0 aliphatic heterocycles. The number of benzene rings is 1. The predicted octanol–water partition coefficient (Wildman–Crippen LogP) is 2.22. The topological polar surface area (TPSA) is 79.9 Å². The van der Waals surface area contributed by atoms with Crippen LogP contribution in [0.1, 0.15) is 10.4 Å². The zero-order valence-electron chi connectivity index (χ0n) is 10.8. The molecule has 20 heavy (non-hydrogen) atoms. The quantitative estimate of drug-likeness (QED) is 0.763. The van der Waals surface area contributed by atoms with E-state index in [2.05, 4.69) is 20.5 Å². The van der Waals surface area contributed by atoms with E-state index in [4.69, 9.17) is 4.74 Å². The molecule has 3 rings (SSSR count). The Kier molecular flexibility index (Phi) is 3.04. The van der Waals surface area contributed by atoms with E-state index in [0.29, 0.717) is 17.1 Å². The number of methoxy groups -OCH3 is 1. The molecule has 0 saturated heterocycles. The Morgan fingerprint density at radius 1 is 1.35 bits per heavy atom. The third-order valence-corrected chi connectivity index (χ3v) is 2.91. The van der Waals surface area contributed by atoms with E-state index < -0.39 is 0 Å². The first-order valence-corrected chi connectivity index (χ1v) is 6.01. The molecule has 3 aromatic rings. The van der Waals surface area contributed by atoms with Gasteiger partial charge in [-0.3, -0.25) is 9.89 Å². The second-order valence-corrected chi connectivity index (χ2v) is 4.18. The van der Waals surface area contributed by atoms with Crippen LogP contribution in [0.4, 0.5) is 5.82 Å². The zero-order valence-corrected chi connectivity index (χ0v) is 10.8. The number of H-pyrrole nitrogens is 1. The molecule has 100 valence electrons. The summed E-state index contributed by atoms with van der Waals surface area (Å²) in [5, 5.41) is 10.3. The lowest BCUT2D eigenvalue weighted by atomic mass is 10.1. The minimum Gasteiger partial charge on any atom is -0.496 e. The van der Waals surface area contributed by atoms with Crippen LogP contribution in [0, 0.1) is 0 Å². The summed E-state index contributed by atoms with van der Waals surface area (Å²) in [4.78, 5) is 16.4. The van der Waals surface area contributed by atoms with Crippen LogP contribution in [0.25, 0.3) is 10.9 Å². The van der Waals surface area contributed by atoms with Gasteiger partial charge in [0.15, 0.2) is 0 Å². The second-order valence-electron chi connectivity index (χ2n) is 4.18. The minimum absolute atomic E-state index is 0.274. The fourth-order valence-electron chi connectivity index (χ4n) is 1.94. The van der Waals surface area contributed by atoms with E-state index in [1.807, 2.05) is 0 Å². The lowest BCUT2D eigenvalue weighted by Gasteiger charge is -2.09. The number of carbonyl (C=O) groups is 1. The van der Waals surface area contributed by atoms with Gasteiger partial charge < -0.3 is 10.1 Å². The van der Waals surface area contributed by atoms with Gasteiger partial charge in [0.2, 0.25) is 0 Å². The third kappa shape index (κ3) is 2.18. The summed E-state index contributed by atoms with van der Waals surface area (Å²) < 4.78 is 5.25. The fourth-order valence-corrected chi connectivity index (χ4v) is 1.94. The molecular weight excluding hydrogens is 256 g/mol. The molecule has 0 bridgehead atoms. The van der Waals surface area contributed by atoms with E-state index in [1.165, 1.54) is 7.11 Å². The number of hydrogen-bond donors (Lipinski definition) is 2. The van der Waals surface area contributed by atoms with Crippen molar-refractivity contribution in [2.45, 2.75) is 0 Å². The van der Waals surface area contributed by atoms with Crippen LogP contribution >= 0.6 is 0 Å². The number of anilines is 1. The van der Waals surface area contributed by atoms with Crippen LogP contribution in [0.5, 0.6) is 5.75 Å². The predicted molar refractivity (Wildman–Crippen MR) is 74.8 cm³/mol. The first kappa shape index (κ1) is 12.2. The van der Waals surface area contributed by atoms with Crippen LogP contribution in [0.2, 0.25) is 0 Å². The van der Waals surface area contributed by atoms with Crippen LogP contribution in [-0.4, -0.2) is 28.2 Å². The van der Waals surface area contributed by atoms with Crippen LogP contribution in [-0.2, 0) is 0 Å². The Bertz CT molecular complexity index is 752. The molecule has 0 saturated carbocycles. The van der Waals surface area contributed by atoms with Crippen molar-refractivity contribution >= 4 is 22.6 Å². The summed E-state index contributed by atoms with van der Waals surface area (Å²) in [6.45, 7) is 0. The number of amides is 1. The second kappa shape index (κ2) is 5.00. The molecule has 0 aliphatic rings. The molecule has 6 nitrogen and oxygen atoms in total. The monoisotopic (exact) mass is 268 g/mol. The van der Waals surface area contributed by atoms with E-state index >= 15 is 0 Å². The highest BCUT2D eigenvalue weighted by Gasteiger charge is 2.15. The van der Waals surface area contributed by atoms with Gasteiger partial charge in [0.25, 0.3) is 5.91 Å². The Labute approximate surface area is 114 Å². The van der Waals surface area contributed by atoms with Gasteiger partial charge in [-0.15, -0.1) is 0 Å². The van der Waals surface area contributed by atoms with Crippen LogP contribution in [0.15, 0.2) is 42.7 Å². The molecule has 0 radical (unpaired) electrons. The van der Waals surface area contributed by atoms with Crippen molar-refractivity contribution in [3.05, 3.63) is 48.3 Å². The summed E-state index contributed by atoms with van der Waals surface area (Å²) in [6.07, 6.45) is 3.28. The summed E-state index contributed by atoms with van der Waals surface area (Å²) in [6, 6.07) is 8.79. The number of hydrogen-bond acceptors (Lipinski definition) is 4. The van der Waals surface area contributed by atoms with Crippen LogP contribution < -0.4 is 10.1 Å². The Hall–Kier alpha value is -2.89. The lowest BCUT2D eigenvalue weighted by Crippen LogP contribution is -2.14. The van der Waals surface area contributed by atoms with Gasteiger partial charge in [0.1, 0.15) is 11.6 Å². The molecule has 1 aromatic carbocycles. The van der Waals surface area contributed by atoms with E-state index in [9.17, 15) is 4.79 Å². The number of aromatic nitrogens is 3. The number of pyridine rings is 1. The van der Waals surface area contributed by atoms with Gasteiger partial charge in [-0.2, -0.15) is 5.10 Å². The minimum atomic E-state index is -0.274. The van der Waals surface area contributed by atoms with Gasteiger partial charge in [0, 0.05) is 17.6 Å². The molecular formula is C14H12N4O2. The number of fused-ring (bicyclic) bond motifs is 1. The normalized spacial score (nSPS) is 10.4. The SMILES string of the molecule is COc1cc2[nH]ncc2cc1C(=O)Nc1ccccn1. The highest BCUT2D eigenvalue weighted by Crippen LogP contribution is 2.25. The molecule has 0 spiro atoms. The average molecular weight is 268 g/mol. The number of rotatable bonds is 3. The number of carbonyl (C=O) groups excluding carboxylic acids is 1. The molecule has 1 amide bonds. The summed E-state index contributed by atoms with van der Waals surface area (Å²) in [5.74, 6) is 0.700. The maximum absolute atomic E-state index is 12.3. The van der Waals surface area contributed by atoms with Crippen molar-refractivity contribution in [2.24, 2.45) is 0 Å². The standard InChI is InChI=1S/C14H12N4O2/c1-20-12-7-11-9(8-16-18-11)6-10(12)14(19)17-13-4-2-3-5-15-13/h2-8H,1H3,(H,16,18)(H,15,17,19). The summed E-state index contributed by atoms with van der Waals surface area (Å²) in [7, 11) is 1.52. The highest BCUT2D eigenvalue weighted by molar-refractivity contribution is 6.08. The molecule has 2 heterocycles. The molecule has 0 fully saturated rings. The molecule has 6 heteroatoms. The Morgan fingerprint density at radius 3 is 3.00 bits per heavy atom. The van der Waals surface area contributed by atoms with Gasteiger partial charge in [-0.1, -0.05) is 6.07 Å². The van der Waals surface area contributed by atoms with E-state index in [0.717, 1.165) is 10.9 Å². The molecule has 0 aliphatic carbocycles. The van der Waals surface area contributed by atoms with Crippen molar-refractivity contribution in [3.8, 4) is 5.75 Å². The molecule has 2 N–H and O–H groups in total. The first-order chi connectivity index (χ1) is 9.78. The average Bonchev–Trinajstić information content (AvgIpc) is 2.94. The molecule has 0 atom stereocenters. The van der Waals surface area contributed by atoms with Gasteiger partial charge >= 0.3 is 0 Å². The fraction of sp³-hybridized carbons (Fsp3) is 0.0714. The van der Waals surface area contributed by atoms with Gasteiger partial charge in [0.05, 0.1) is 24.4 Å². The number of aromatic amines is 1. The van der Waals surface area contributed by atoms with Crippen molar-refractivity contribution in [1.82, 2.24) is 15.2 Å². The summed E-state index contributed by atoms with van der Waals surface area (Å²) >= 11 is 0. The zero-order chi connectivity index (χ0) is 13.9. The molecule has 2 aromatic heterocycles. The number of ether oxygens (including phenoxy) is 1. The van der Waals surface area contributed by atoms with Gasteiger partial charge in [-0.05, 0) is 18.2 Å². The first-order valence-electron chi connectivity index (χ1n) is 6.01. The highest BCUT2D eigenvalue weighted by atomic mass is 16.5. The number of nitrogens with one attached hydrogen (secondary N) is 2. The van der Waals surface area contributed by atoms with Crippen molar-refractivity contribution in [3.63, 3.8) is 0 Å². The Morgan fingerprint density at radius 2 is 2.25 bits per heavy atom. The largest absolute Gasteiger partial charge is 0.496 e. The number of nitrogens with zero attached hydrogens (tertiary/aromatic N) is 2. The third-order valence-electron chi connectivity index (χ3n) is 2.91. The maximum atomic E-state index is 12.3. The lowest BCUT2D eigenvalue weighted by molar-refractivity contribution is 0.102. The van der Waals surface area contributed by atoms with Crippen molar-refractivity contribution < 1.29 is 9.53 Å². The molecule has 0 unspecified atom stereocenters. The smallest absolute Gasteiger partial charge is 0.260 e. The maximum Gasteiger partial charge on any atom is 0.260 e. The van der Waals surface area contributed by atoms with Gasteiger partial charge in [-0.25, -0.2) is 4.98 Å². The van der Waals surface area contributed by atoms with E-state index in [-0.39, 0.29) is 5.91 Å². The van der Waals surface area contributed by atoms with Crippen molar-refractivity contribution in [2.75, 3.05) is 12.4 Å². The Balaban J connectivity index is 1.97.